The summed E-state index contributed by atoms with van der Waals surface area (Å²) in [5.41, 5.74) is 0. The summed E-state index contributed by atoms with van der Waals surface area (Å²) in [6, 6.07) is 0.593. The zero-order chi connectivity index (χ0) is 8.81. The maximum absolute atomic E-state index is 5.37. The van der Waals surface area contributed by atoms with Crippen molar-refractivity contribution in [2.75, 3.05) is 39.5 Å². The Morgan fingerprint density at radius 3 is 1.83 bits per heavy atom. The molecule has 0 unspecified atom stereocenters. The maximum atomic E-state index is 5.37. The molecule has 1 saturated heterocycles. The average molecular weight is 173 g/mol. The van der Waals surface area contributed by atoms with E-state index >= 15 is 0 Å². The van der Waals surface area contributed by atoms with E-state index in [2.05, 4.69) is 18.7 Å². The van der Waals surface area contributed by atoms with Gasteiger partial charge in [-0.1, -0.05) is 0 Å². The van der Waals surface area contributed by atoms with Crippen LogP contribution in [-0.4, -0.2) is 50.5 Å². The van der Waals surface area contributed by atoms with Gasteiger partial charge in [-0.25, -0.2) is 0 Å². The minimum Gasteiger partial charge on any atom is -0.378 e. The molecule has 0 radical (unpaired) electrons. The predicted octanol–water partition coefficient (Wildman–Crippen LogP) is 0.744. The van der Waals surface area contributed by atoms with E-state index in [1.807, 2.05) is 0 Å². The van der Waals surface area contributed by atoms with Crippen LogP contribution < -0.4 is 0 Å². The van der Waals surface area contributed by atoms with Crippen LogP contribution in [-0.2, 0) is 9.47 Å². The van der Waals surface area contributed by atoms with Gasteiger partial charge >= 0.3 is 0 Å². The standard InChI is InChI=1S/C9H19NO2/c1-9(2)10-3-5-11-7-8-12-6-4-10/h9H,3-8H2,1-2H3. The Labute approximate surface area is 74.6 Å². The first-order chi connectivity index (χ1) is 5.80. The second-order valence-corrected chi connectivity index (χ2v) is 3.35. The Balaban J connectivity index is 2.28. The summed E-state index contributed by atoms with van der Waals surface area (Å²) in [6.45, 7) is 9.62. The van der Waals surface area contributed by atoms with Gasteiger partial charge in [0.1, 0.15) is 0 Å². The molecule has 12 heavy (non-hydrogen) atoms. The molecule has 0 spiro atoms. The van der Waals surface area contributed by atoms with E-state index in [9.17, 15) is 0 Å². The summed E-state index contributed by atoms with van der Waals surface area (Å²) in [5.74, 6) is 0. The molecule has 0 amide bonds. The fourth-order valence-corrected chi connectivity index (χ4v) is 1.31. The van der Waals surface area contributed by atoms with E-state index in [1.54, 1.807) is 0 Å². The van der Waals surface area contributed by atoms with Crippen LogP contribution in [0, 0.1) is 0 Å². The zero-order valence-corrected chi connectivity index (χ0v) is 8.08. The number of hydrogen-bond donors (Lipinski definition) is 0. The van der Waals surface area contributed by atoms with Crippen LogP contribution >= 0.6 is 0 Å². The lowest BCUT2D eigenvalue weighted by atomic mass is 10.3. The third kappa shape index (κ3) is 3.52. The molecule has 0 aromatic heterocycles. The highest BCUT2D eigenvalue weighted by atomic mass is 16.5. The largest absolute Gasteiger partial charge is 0.378 e. The van der Waals surface area contributed by atoms with Crippen LogP contribution in [0.15, 0.2) is 0 Å². The minimum absolute atomic E-state index is 0.593. The van der Waals surface area contributed by atoms with Crippen LogP contribution in [0.3, 0.4) is 0 Å². The van der Waals surface area contributed by atoms with E-state index in [0.717, 1.165) is 39.5 Å². The smallest absolute Gasteiger partial charge is 0.0701 e. The Kier molecular flexibility index (Phi) is 4.58. The van der Waals surface area contributed by atoms with Gasteiger partial charge in [0.15, 0.2) is 0 Å². The molecular formula is C9H19NO2. The Morgan fingerprint density at radius 2 is 1.42 bits per heavy atom. The summed E-state index contributed by atoms with van der Waals surface area (Å²) in [6.07, 6.45) is 0. The van der Waals surface area contributed by atoms with Crippen molar-refractivity contribution < 1.29 is 9.47 Å². The predicted molar refractivity (Wildman–Crippen MR) is 48.3 cm³/mol. The molecule has 1 heterocycles. The second kappa shape index (κ2) is 5.51. The summed E-state index contributed by atoms with van der Waals surface area (Å²) in [4.78, 5) is 2.38. The van der Waals surface area contributed by atoms with Crippen molar-refractivity contribution in [3.63, 3.8) is 0 Å². The number of hydrogen-bond acceptors (Lipinski definition) is 3. The quantitative estimate of drug-likeness (QED) is 0.584. The van der Waals surface area contributed by atoms with Gasteiger partial charge in [0.05, 0.1) is 26.4 Å². The third-order valence-electron chi connectivity index (χ3n) is 2.15. The first kappa shape index (κ1) is 9.96. The first-order valence-electron chi connectivity index (χ1n) is 4.70. The topological polar surface area (TPSA) is 21.7 Å². The molecule has 3 heteroatoms. The molecule has 0 aliphatic carbocycles. The third-order valence-corrected chi connectivity index (χ3v) is 2.15. The number of rotatable bonds is 1. The highest BCUT2D eigenvalue weighted by Crippen LogP contribution is 1.99. The summed E-state index contributed by atoms with van der Waals surface area (Å²) in [7, 11) is 0. The van der Waals surface area contributed by atoms with Gasteiger partial charge in [-0.2, -0.15) is 0 Å². The molecule has 1 fully saturated rings. The fourth-order valence-electron chi connectivity index (χ4n) is 1.31. The zero-order valence-electron chi connectivity index (χ0n) is 8.08. The van der Waals surface area contributed by atoms with Crippen LogP contribution in [0.2, 0.25) is 0 Å². The van der Waals surface area contributed by atoms with Gasteiger partial charge in [-0.3, -0.25) is 4.90 Å². The molecule has 72 valence electrons. The molecule has 1 aliphatic heterocycles. The lowest BCUT2D eigenvalue weighted by molar-refractivity contribution is 0.0629. The molecule has 1 aliphatic rings. The van der Waals surface area contributed by atoms with E-state index < -0.39 is 0 Å². The molecule has 0 aromatic rings. The van der Waals surface area contributed by atoms with E-state index in [4.69, 9.17) is 9.47 Å². The van der Waals surface area contributed by atoms with Crippen molar-refractivity contribution in [1.82, 2.24) is 4.90 Å². The van der Waals surface area contributed by atoms with E-state index in [1.165, 1.54) is 0 Å². The molecule has 3 nitrogen and oxygen atoms in total. The van der Waals surface area contributed by atoms with Crippen molar-refractivity contribution in [2.24, 2.45) is 0 Å². The van der Waals surface area contributed by atoms with E-state index in [0.29, 0.717) is 6.04 Å². The summed E-state index contributed by atoms with van der Waals surface area (Å²) < 4.78 is 10.7. The fraction of sp³-hybridized carbons (Fsp3) is 1.00. The average Bonchev–Trinajstić information content (AvgIpc) is 2.15. The van der Waals surface area contributed by atoms with Gasteiger partial charge in [-0.05, 0) is 13.8 Å². The second-order valence-electron chi connectivity index (χ2n) is 3.35. The van der Waals surface area contributed by atoms with Crippen molar-refractivity contribution >= 4 is 0 Å². The van der Waals surface area contributed by atoms with Crippen LogP contribution in [0.25, 0.3) is 0 Å². The molecule has 0 bridgehead atoms. The SMILES string of the molecule is CC(C)N1CCOCCOCC1. The molecule has 0 aromatic carbocycles. The normalized spacial score (nSPS) is 23.2. The van der Waals surface area contributed by atoms with Gasteiger partial charge in [0.2, 0.25) is 0 Å². The van der Waals surface area contributed by atoms with E-state index in [-0.39, 0.29) is 0 Å². The molecular weight excluding hydrogens is 154 g/mol. The lowest BCUT2D eigenvalue weighted by Crippen LogP contribution is -2.35. The monoisotopic (exact) mass is 173 g/mol. The minimum atomic E-state index is 0.593. The van der Waals surface area contributed by atoms with Crippen molar-refractivity contribution in [3.8, 4) is 0 Å². The summed E-state index contributed by atoms with van der Waals surface area (Å²) in [5, 5.41) is 0. The van der Waals surface area contributed by atoms with Crippen molar-refractivity contribution in [3.05, 3.63) is 0 Å². The van der Waals surface area contributed by atoms with Crippen molar-refractivity contribution in [2.45, 2.75) is 19.9 Å². The maximum Gasteiger partial charge on any atom is 0.0701 e. The molecule has 0 saturated carbocycles. The molecule has 0 N–H and O–H groups in total. The Hall–Kier alpha value is -0.120. The van der Waals surface area contributed by atoms with Gasteiger partial charge in [0.25, 0.3) is 0 Å². The first-order valence-corrected chi connectivity index (χ1v) is 4.70. The number of ether oxygens (including phenoxy) is 2. The summed E-state index contributed by atoms with van der Waals surface area (Å²) >= 11 is 0. The van der Waals surface area contributed by atoms with Crippen LogP contribution in [0.5, 0.6) is 0 Å². The van der Waals surface area contributed by atoms with Gasteiger partial charge < -0.3 is 9.47 Å². The van der Waals surface area contributed by atoms with Gasteiger partial charge in [0, 0.05) is 19.1 Å². The Bertz CT molecular complexity index is 107. The molecule has 1 rings (SSSR count). The lowest BCUT2D eigenvalue weighted by Gasteiger charge is -2.24. The molecule has 0 atom stereocenters. The Morgan fingerprint density at radius 1 is 0.917 bits per heavy atom. The highest BCUT2D eigenvalue weighted by Gasteiger charge is 2.09. The van der Waals surface area contributed by atoms with Crippen molar-refractivity contribution in [1.29, 1.82) is 0 Å². The van der Waals surface area contributed by atoms with Crippen LogP contribution in [0.1, 0.15) is 13.8 Å². The van der Waals surface area contributed by atoms with Crippen LogP contribution in [0.4, 0.5) is 0 Å². The number of nitrogens with zero attached hydrogens (tertiary/aromatic N) is 1. The van der Waals surface area contributed by atoms with Gasteiger partial charge in [-0.15, -0.1) is 0 Å². The highest BCUT2D eigenvalue weighted by molar-refractivity contribution is 4.62.